The molecule has 0 saturated carbocycles. The first kappa shape index (κ1) is 16.4. The second-order valence-electron chi connectivity index (χ2n) is 5.63. The maximum atomic E-state index is 11.7. The zero-order chi connectivity index (χ0) is 15.5. The van der Waals surface area contributed by atoms with Gasteiger partial charge in [-0.05, 0) is 56.3 Å². The van der Waals surface area contributed by atoms with Gasteiger partial charge in [0.2, 0.25) is 5.91 Å². The maximum Gasteiger partial charge on any atom is 0.243 e. The van der Waals surface area contributed by atoms with Crippen molar-refractivity contribution in [3.05, 3.63) is 48.3 Å². The summed E-state index contributed by atoms with van der Waals surface area (Å²) in [5.74, 6) is 0.803. The number of allylic oxidation sites excluding steroid dienone is 2. The molecule has 2 N–H and O–H groups in total. The van der Waals surface area contributed by atoms with E-state index in [0.717, 1.165) is 37.5 Å². The lowest BCUT2D eigenvalue weighted by Crippen LogP contribution is -2.28. The second kappa shape index (κ2) is 9.90. The number of nitrogens with zero attached hydrogens (tertiary/aromatic N) is 1. The number of carbonyl (C=O) groups is 1. The fourth-order valence-corrected chi connectivity index (χ4v) is 2.62. The normalized spacial score (nSPS) is 16.4. The molecule has 2 heterocycles. The van der Waals surface area contributed by atoms with Crippen LogP contribution in [0.5, 0.6) is 0 Å². The molecule has 0 unspecified atom stereocenters. The van der Waals surface area contributed by atoms with Crippen molar-refractivity contribution < 1.29 is 4.79 Å². The van der Waals surface area contributed by atoms with Gasteiger partial charge in [0.1, 0.15) is 0 Å². The number of rotatable bonds is 7. The van der Waals surface area contributed by atoms with Crippen molar-refractivity contribution in [2.24, 2.45) is 5.92 Å². The number of amides is 1. The van der Waals surface area contributed by atoms with E-state index in [1.807, 2.05) is 24.3 Å². The standard InChI is InChI=1S/C18H25N3O/c22-18(8-2-1-5-17-7-3-11-20-15-17)21-12-4-6-16-9-13-19-14-10-16/h1-3,5,7-8,11,15-16,19H,4,6,9-10,12-14H2,(H,21,22)/b5-1+,8-2+. The maximum absolute atomic E-state index is 11.7. The molecule has 0 aromatic carbocycles. The molecule has 0 bridgehead atoms. The Hall–Kier alpha value is -1.94. The van der Waals surface area contributed by atoms with Crippen molar-refractivity contribution in [3.8, 4) is 0 Å². The number of hydrogen-bond donors (Lipinski definition) is 2. The molecule has 0 radical (unpaired) electrons. The van der Waals surface area contributed by atoms with Gasteiger partial charge in [0.05, 0.1) is 0 Å². The Morgan fingerprint density at radius 1 is 1.36 bits per heavy atom. The lowest BCUT2D eigenvalue weighted by molar-refractivity contribution is -0.116. The van der Waals surface area contributed by atoms with E-state index >= 15 is 0 Å². The van der Waals surface area contributed by atoms with Gasteiger partial charge < -0.3 is 10.6 Å². The summed E-state index contributed by atoms with van der Waals surface area (Å²) in [7, 11) is 0. The number of piperidine rings is 1. The molecule has 1 saturated heterocycles. The van der Waals surface area contributed by atoms with Crippen LogP contribution in [0.15, 0.2) is 42.8 Å². The molecule has 1 fully saturated rings. The third-order valence-corrected chi connectivity index (χ3v) is 3.88. The molecular formula is C18H25N3O. The van der Waals surface area contributed by atoms with Crippen molar-refractivity contribution in [2.45, 2.75) is 25.7 Å². The van der Waals surface area contributed by atoms with E-state index in [1.165, 1.54) is 19.3 Å². The van der Waals surface area contributed by atoms with Crippen LogP contribution in [-0.4, -0.2) is 30.5 Å². The van der Waals surface area contributed by atoms with E-state index in [1.54, 1.807) is 24.5 Å². The van der Waals surface area contributed by atoms with E-state index in [0.29, 0.717) is 0 Å². The summed E-state index contributed by atoms with van der Waals surface area (Å²) in [6, 6.07) is 3.86. The molecule has 1 aliphatic rings. The highest BCUT2D eigenvalue weighted by molar-refractivity contribution is 5.87. The molecule has 0 aliphatic carbocycles. The minimum absolute atomic E-state index is 0.0267. The van der Waals surface area contributed by atoms with Crippen LogP contribution in [0.1, 0.15) is 31.2 Å². The smallest absolute Gasteiger partial charge is 0.243 e. The fourth-order valence-electron chi connectivity index (χ4n) is 2.62. The van der Waals surface area contributed by atoms with Crippen LogP contribution in [0.25, 0.3) is 6.08 Å². The van der Waals surface area contributed by atoms with E-state index in [4.69, 9.17) is 0 Å². The minimum atomic E-state index is -0.0267. The number of aromatic nitrogens is 1. The summed E-state index contributed by atoms with van der Waals surface area (Å²) in [4.78, 5) is 15.7. The lowest BCUT2D eigenvalue weighted by Gasteiger charge is -2.22. The Bertz CT molecular complexity index is 490. The molecule has 2 rings (SSSR count). The Morgan fingerprint density at radius 3 is 3.00 bits per heavy atom. The summed E-state index contributed by atoms with van der Waals surface area (Å²) in [6.07, 6.45) is 15.4. The predicted molar refractivity (Wildman–Crippen MR) is 90.2 cm³/mol. The first-order valence-corrected chi connectivity index (χ1v) is 8.08. The van der Waals surface area contributed by atoms with Crippen molar-refractivity contribution in [2.75, 3.05) is 19.6 Å². The molecular weight excluding hydrogens is 274 g/mol. The fraction of sp³-hybridized carbons (Fsp3) is 0.444. The average molecular weight is 299 g/mol. The van der Waals surface area contributed by atoms with Gasteiger partial charge in [-0.3, -0.25) is 9.78 Å². The van der Waals surface area contributed by atoms with Crippen molar-refractivity contribution in [3.63, 3.8) is 0 Å². The van der Waals surface area contributed by atoms with Crippen LogP contribution >= 0.6 is 0 Å². The Morgan fingerprint density at radius 2 is 2.23 bits per heavy atom. The molecule has 4 heteroatoms. The first-order valence-electron chi connectivity index (χ1n) is 8.08. The second-order valence-corrected chi connectivity index (χ2v) is 5.63. The largest absolute Gasteiger partial charge is 0.353 e. The Kier molecular flexibility index (Phi) is 7.39. The SMILES string of the molecule is O=C(/C=C/C=C/c1cccnc1)NCCCC1CCNCC1. The summed E-state index contributed by atoms with van der Waals surface area (Å²) < 4.78 is 0. The Balaban J connectivity index is 1.57. The van der Waals surface area contributed by atoms with Gasteiger partial charge in [0, 0.05) is 25.0 Å². The van der Waals surface area contributed by atoms with Crippen LogP contribution < -0.4 is 10.6 Å². The van der Waals surface area contributed by atoms with E-state index in [-0.39, 0.29) is 5.91 Å². The molecule has 1 aromatic rings. The van der Waals surface area contributed by atoms with Crippen LogP contribution in [0.3, 0.4) is 0 Å². The molecule has 1 aliphatic heterocycles. The topological polar surface area (TPSA) is 54.0 Å². The van der Waals surface area contributed by atoms with Gasteiger partial charge in [0.15, 0.2) is 0 Å². The van der Waals surface area contributed by atoms with Gasteiger partial charge >= 0.3 is 0 Å². The first-order chi connectivity index (χ1) is 10.8. The van der Waals surface area contributed by atoms with Crippen LogP contribution in [0.2, 0.25) is 0 Å². The van der Waals surface area contributed by atoms with Crippen molar-refractivity contribution in [1.29, 1.82) is 0 Å². The number of pyridine rings is 1. The highest BCUT2D eigenvalue weighted by Gasteiger charge is 2.11. The summed E-state index contributed by atoms with van der Waals surface area (Å²) in [6.45, 7) is 3.05. The number of hydrogen-bond acceptors (Lipinski definition) is 3. The highest BCUT2D eigenvalue weighted by atomic mass is 16.1. The third-order valence-electron chi connectivity index (χ3n) is 3.88. The summed E-state index contributed by atoms with van der Waals surface area (Å²) >= 11 is 0. The third kappa shape index (κ3) is 6.68. The van der Waals surface area contributed by atoms with Crippen LogP contribution in [0, 0.1) is 5.92 Å². The molecule has 4 nitrogen and oxygen atoms in total. The molecule has 1 aromatic heterocycles. The van der Waals surface area contributed by atoms with Crippen molar-refractivity contribution in [1.82, 2.24) is 15.6 Å². The molecule has 0 atom stereocenters. The highest BCUT2D eigenvalue weighted by Crippen LogP contribution is 2.16. The molecule has 0 spiro atoms. The van der Waals surface area contributed by atoms with E-state index in [2.05, 4.69) is 15.6 Å². The summed E-state index contributed by atoms with van der Waals surface area (Å²) in [5, 5.41) is 6.31. The van der Waals surface area contributed by atoms with Gasteiger partial charge in [-0.2, -0.15) is 0 Å². The monoisotopic (exact) mass is 299 g/mol. The quantitative estimate of drug-likeness (QED) is 0.462. The van der Waals surface area contributed by atoms with Gasteiger partial charge in [-0.15, -0.1) is 0 Å². The molecule has 22 heavy (non-hydrogen) atoms. The predicted octanol–water partition coefficient (Wildman–Crippen LogP) is 2.55. The number of carbonyl (C=O) groups excluding carboxylic acids is 1. The Labute approximate surface area is 132 Å². The average Bonchev–Trinajstić information content (AvgIpc) is 2.57. The zero-order valence-corrected chi connectivity index (χ0v) is 13.0. The molecule has 118 valence electrons. The van der Waals surface area contributed by atoms with Gasteiger partial charge in [-0.1, -0.05) is 24.3 Å². The van der Waals surface area contributed by atoms with Crippen molar-refractivity contribution >= 4 is 12.0 Å². The van der Waals surface area contributed by atoms with Crippen LogP contribution in [-0.2, 0) is 4.79 Å². The van der Waals surface area contributed by atoms with Gasteiger partial charge in [-0.25, -0.2) is 0 Å². The summed E-state index contributed by atoms with van der Waals surface area (Å²) in [5.41, 5.74) is 1.02. The molecule has 1 amide bonds. The van der Waals surface area contributed by atoms with E-state index < -0.39 is 0 Å². The van der Waals surface area contributed by atoms with Gasteiger partial charge in [0.25, 0.3) is 0 Å². The van der Waals surface area contributed by atoms with E-state index in [9.17, 15) is 4.79 Å². The lowest BCUT2D eigenvalue weighted by atomic mass is 9.93. The minimum Gasteiger partial charge on any atom is -0.353 e. The number of nitrogens with one attached hydrogen (secondary N) is 2. The zero-order valence-electron chi connectivity index (χ0n) is 13.0. The van der Waals surface area contributed by atoms with Crippen LogP contribution in [0.4, 0.5) is 0 Å².